The molecule has 1 N–H and O–H groups in total. The predicted molar refractivity (Wildman–Crippen MR) is 84.1 cm³/mol. The van der Waals surface area contributed by atoms with Crippen molar-refractivity contribution in [1.82, 2.24) is 4.98 Å². The van der Waals surface area contributed by atoms with Gasteiger partial charge < -0.3 is 5.11 Å². The molecule has 2 aromatic rings. The Morgan fingerprint density at radius 1 is 1.29 bits per heavy atom. The molecule has 1 heterocycles. The van der Waals surface area contributed by atoms with Crippen LogP contribution in [0.4, 0.5) is 9.93 Å². The molecule has 3 rings (SSSR count). The summed E-state index contributed by atoms with van der Waals surface area (Å²) in [5.41, 5.74) is 2.13. The first-order chi connectivity index (χ1) is 10.2. The van der Waals surface area contributed by atoms with Crippen molar-refractivity contribution in [3.8, 4) is 0 Å². The molecule has 0 unspecified atom stereocenters. The van der Waals surface area contributed by atoms with Crippen LogP contribution in [0.2, 0.25) is 0 Å². The van der Waals surface area contributed by atoms with Gasteiger partial charge in [-0.25, -0.2) is 14.7 Å². The topological polar surface area (TPSA) is 53.4 Å². The standard InChI is InChI=1S/C16H18N2O2S/c19-16(20)18(14-8-4-5-9-14)15-17-13(11-21-15)10-12-6-2-1-3-7-12/h1-3,6-7,11,14H,4-5,8-10H2,(H,19,20). The lowest BCUT2D eigenvalue weighted by Gasteiger charge is -2.22. The Bertz CT molecular complexity index is 606. The van der Waals surface area contributed by atoms with Crippen LogP contribution in [0, 0.1) is 0 Å². The summed E-state index contributed by atoms with van der Waals surface area (Å²) in [6, 6.07) is 10.2. The van der Waals surface area contributed by atoms with E-state index in [1.54, 1.807) is 0 Å². The number of aromatic nitrogens is 1. The number of hydrogen-bond acceptors (Lipinski definition) is 3. The molecule has 5 heteroatoms. The Morgan fingerprint density at radius 3 is 2.67 bits per heavy atom. The molecule has 0 saturated heterocycles. The van der Waals surface area contributed by atoms with E-state index in [9.17, 15) is 9.90 Å². The normalized spacial score (nSPS) is 15.2. The van der Waals surface area contributed by atoms with Gasteiger partial charge in [0.2, 0.25) is 0 Å². The quantitative estimate of drug-likeness (QED) is 0.922. The van der Waals surface area contributed by atoms with Gasteiger partial charge in [-0.3, -0.25) is 0 Å². The van der Waals surface area contributed by atoms with Gasteiger partial charge >= 0.3 is 6.09 Å². The van der Waals surface area contributed by atoms with Crippen molar-refractivity contribution >= 4 is 22.6 Å². The highest BCUT2D eigenvalue weighted by atomic mass is 32.1. The molecule has 0 atom stereocenters. The lowest BCUT2D eigenvalue weighted by Crippen LogP contribution is -2.37. The molecule has 1 aliphatic rings. The van der Waals surface area contributed by atoms with Gasteiger partial charge in [0, 0.05) is 17.8 Å². The van der Waals surface area contributed by atoms with E-state index in [0.717, 1.165) is 37.8 Å². The van der Waals surface area contributed by atoms with Crippen LogP contribution >= 0.6 is 11.3 Å². The molecule has 1 aromatic carbocycles. The van der Waals surface area contributed by atoms with Crippen LogP contribution in [0.1, 0.15) is 36.9 Å². The Morgan fingerprint density at radius 2 is 2.00 bits per heavy atom. The Hall–Kier alpha value is -1.88. The highest BCUT2D eigenvalue weighted by Gasteiger charge is 2.29. The van der Waals surface area contributed by atoms with Crippen molar-refractivity contribution in [1.29, 1.82) is 0 Å². The molecule has 1 aliphatic carbocycles. The fraction of sp³-hybridized carbons (Fsp3) is 0.375. The maximum absolute atomic E-state index is 11.5. The summed E-state index contributed by atoms with van der Waals surface area (Å²) >= 11 is 1.43. The Labute approximate surface area is 128 Å². The number of nitrogens with zero attached hydrogens (tertiary/aromatic N) is 2. The predicted octanol–water partition coefficient (Wildman–Crippen LogP) is 4.16. The maximum atomic E-state index is 11.5. The van der Waals surface area contributed by atoms with Gasteiger partial charge in [-0.1, -0.05) is 43.2 Å². The molecule has 1 fully saturated rings. The molecule has 21 heavy (non-hydrogen) atoms. The number of anilines is 1. The van der Waals surface area contributed by atoms with Gasteiger partial charge in [-0.2, -0.15) is 0 Å². The van der Waals surface area contributed by atoms with E-state index in [1.165, 1.54) is 21.8 Å². The number of carboxylic acid groups (broad SMARTS) is 1. The molecule has 4 nitrogen and oxygen atoms in total. The largest absolute Gasteiger partial charge is 0.465 e. The number of carbonyl (C=O) groups is 1. The van der Waals surface area contributed by atoms with E-state index in [1.807, 2.05) is 23.6 Å². The minimum Gasteiger partial charge on any atom is -0.465 e. The second-order valence-corrected chi connectivity index (χ2v) is 6.21. The maximum Gasteiger partial charge on any atom is 0.413 e. The van der Waals surface area contributed by atoms with E-state index >= 15 is 0 Å². The van der Waals surface area contributed by atoms with Crippen LogP contribution in [-0.2, 0) is 6.42 Å². The molecule has 0 radical (unpaired) electrons. The average molecular weight is 302 g/mol. The summed E-state index contributed by atoms with van der Waals surface area (Å²) in [7, 11) is 0. The fourth-order valence-electron chi connectivity index (χ4n) is 2.85. The molecule has 0 bridgehead atoms. The average Bonchev–Trinajstić information content (AvgIpc) is 3.13. The van der Waals surface area contributed by atoms with Crippen molar-refractivity contribution in [3.63, 3.8) is 0 Å². The summed E-state index contributed by atoms with van der Waals surface area (Å²) < 4.78 is 0. The van der Waals surface area contributed by atoms with E-state index in [2.05, 4.69) is 17.1 Å². The van der Waals surface area contributed by atoms with Gasteiger partial charge in [0.05, 0.1) is 5.69 Å². The second kappa shape index (κ2) is 6.26. The number of benzene rings is 1. The lowest BCUT2D eigenvalue weighted by atomic mass is 10.1. The number of hydrogen-bond donors (Lipinski definition) is 1. The second-order valence-electron chi connectivity index (χ2n) is 5.37. The summed E-state index contributed by atoms with van der Waals surface area (Å²) in [5, 5.41) is 12.1. The van der Waals surface area contributed by atoms with E-state index < -0.39 is 6.09 Å². The van der Waals surface area contributed by atoms with Gasteiger partial charge in [0.25, 0.3) is 0 Å². The first kappa shape index (κ1) is 14.1. The highest BCUT2D eigenvalue weighted by molar-refractivity contribution is 7.14. The van der Waals surface area contributed by atoms with Gasteiger partial charge in [0.1, 0.15) is 0 Å². The minimum atomic E-state index is -0.887. The van der Waals surface area contributed by atoms with Crippen LogP contribution in [0.15, 0.2) is 35.7 Å². The molecular formula is C16H18N2O2S. The monoisotopic (exact) mass is 302 g/mol. The van der Waals surface area contributed by atoms with Crippen molar-refractivity contribution in [2.75, 3.05) is 4.90 Å². The summed E-state index contributed by atoms with van der Waals surface area (Å²) in [5.74, 6) is 0. The van der Waals surface area contributed by atoms with Gasteiger partial charge in [-0.15, -0.1) is 11.3 Å². The number of amides is 1. The first-order valence-corrected chi connectivity index (χ1v) is 8.12. The van der Waals surface area contributed by atoms with Gasteiger partial charge in [0.15, 0.2) is 5.13 Å². The Balaban J connectivity index is 1.77. The molecule has 110 valence electrons. The minimum absolute atomic E-state index is 0.0956. The van der Waals surface area contributed by atoms with Crippen molar-refractivity contribution < 1.29 is 9.90 Å². The van der Waals surface area contributed by atoms with E-state index in [-0.39, 0.29) is 6.04 Å². The SMILES string of the molecule is O=C(O)N(c1nc(Cc2ccccc2)cs1)C1CCCC1. The van der Waals surface area contributed by atoms with E-state index in [4.69, 9.17) is 0 Å². The zero-order chi connectivity index (χ0) is 14.7. The molecule has 0 aliphatic heterocycles. The fourth-order valence-corrected chi connectivity index (χ4v) is 3.74. The highest BCUT2D eigenvalue weighted by Crippen LogP contribution is 2.31. The van der Waals surface area contributed by atoms with E-state index in [0.29, 0.717) is 5.13 Å². The van der Waals surface area contributed by atoms with Crippen molar-refractivity contribution in [2.24, 2.45) is 0 Å². The van der Waals surface area contributed by atoms with Crippen molar-refractivity contribution in [2.45, 2.75) is 38.1 Å². The Kier molecular flexibility index (Phi) is 4.20. The smallest absolute Gasteiger partial charge is 0.413 e. The lowest BCUT2D eigenvalue weighted by molar-refractivity contribution is 0.199. The summed E-state index contributed by atoms with van der Waals surface area (Å²) in [6.45, 7) is 0. The first-order valence-electron chi connectivity index (χ1n) is 7.24. The number of rotatable bonds is 4. The summed E-state index contributed by atoms with van der Waals surface area (Å²) in [6.07, 6.45) is 3.96. The van der Waals surface area contributed by atoms with Gasteiger partial charge in [-0.05, 0) is 18.4 Å². The van der Waals surface area contributed by atoms with Crippen LogP contribution in [0.3, 0.4) is 0 Å². The van der Waals surface area contributed by atoms with Crippen LogP contribution in [0.5, 0.6) is 0 Å². The molecule has 1 amide bonds. The third kappa shape index (κ3) is 3.24. The molecule has 0 spiro atoms. The summed E-state index contributed by atoms with van der Waals surface area (Å²) in [4.78, 5) is 17.5. The van der Waals surface area contributed by atoms with Crippen LogP contribution < -0.4 is 4.90 Å². The molecule has 1 saturated carbocycles. The third-order valence-corrected chi connectivity index (χ3v) is 4.76. The zero-order valence-corrected chi connectivity index (χ0v) is 12.6. The zero-order valence-electron chi connectivity index (χ0n) is 11.7. The number of thiazole rings is 1. The van der Waals surface area contributed by atoms with Crippen LogP contribution in [0.25, 0.3) is 0 Å². The van der Waals surface area contributed by atoms with Crippen molar-refractivity contribution in [3.05, 3.63) is 47.0 Å². The third-order valence-electron chi connectivity index (χ3n) is 3.87. The molecule has 1 aromatic heterocycles. The van der Waals surface area contributed by atoms with Crippen LogP contribution in [-0.4, -0.2) is 22.2 Å². The molecular weight excluding hydrogens is 284 g/mol.